The predicted molar refractivity (Wildman–Crippen MR) is 238 cm³/mol. The number of carboxylic acid groups (broad SMARTS) is 1. The third-order valence-electron chi connectivity index (χ3n) is 11.0. The number of rotatable bonds is 14. The second-order valence-electron chi connectivity index (χ2n) is 17.5. The highest BCUT2D eigenvalue weighted by Gasteiger charge is 2.43. The second kappa shape index (κ2) is 23.1. The van der Waals surface area contributed by atoms with Gasteiger partial charge in [0.2, 0.25) is 21.8 Å². The maximum Gasteiger partial charge on any atom is 0.407 e. The number of carboxylic acids is 1. The van der Waals surface area contributed by atoms with E-state index in [2.05, 4.69) is 25.7 Å². The van der Waals surface area contributed by atoms with Gasteiger partial charge in [0.1, 0.15) is 34.5 Å². The van der Waals surface area contributed by atoms with Crippen LogP contribution >= 0.6 is 11.3 Å². The van der Waals surface area contributed by atoms with Crippen LogP contribution in [0.25, 0.3) is 10.6 Å². The first-order valence-corrected chi connectivity index (χ1v) is 24.5. The summed E-state index contributed by atoms with van der Waals surface area (Å²) in [4.78, 5) is 85.1. The van der Waals surface area contributed by atoms with Crippen molar-refractivity contribution in [1.29, 1.82) is 0 Å². The zero-order chi connectivity index (χ0) is 46.4. The third-order valence-corrected chi connectivity index (χ3v) is 13.7. The molecule has 3 heterocycles. The molecule has 5 rings (SSSR count). The van der Waals surface area contributed by atoms with Gasteiger partial charge in [-0.25, -0.2) is 27.8 Å². The van der Waals surface area contributed by atoms with Crippen LogP contribution in [-0.2, 0) is 33.9 Å². The Kier molecular flexibility index (Phi) is 18.0. The number of unbranched alkanes of at least 4 members (excludes halogenated alkanes) is 2. The molecule has 0 spiro atoms. The summed E-state index contributed by atoms with van der Waals surface area (Å²) in [5.41, 5.74) is -0.0615. The molecule has 5 atom stereocenters. The first-order valence-electron chi connectivity index (χ1n) is 22.1. The van der Waals surface area contributed by atoms with E-state index in [-0.39, 0.29) is 38.1 Å². The van der Waals surface area contributed by atoms with Gasteiger partial charge in [0.25, 0.3) is 5.91 Å². The van der Waals surface area contributed by atoms with Crippen molar-refractivity contribution >= 4 is 57.2 Å². The second-order valence-corrected chi connectivity index (χ2v) is 20.4. The number of aromatic carboxylic acids is 1. The molecule has 3 aliphatic rings. The van der Waals surface area contributed by atoms with E-state index in [1.807, 2.05) is 18.2 Å². The maximum atomic E-state index is 14.5. The summed E-state index contributed by atoms with van der Waals surface area (Å²) >= 11 is 1.23. The number of nitrogens with one attached hydrogen (secondary N) is 4. The molecule has 1 aromatic heterocycles. The van der Waals surface area contributed by atoms with Crippen molar-refractivity contribution in [3.63, 3.8) is 0 Å². The van der Waals surface area contributed by atoms with Gasteiger partial charge in [0, 0.05) is 23.5 Å². The number of carbonyl (C=O) groups excluding carboxylic acids is 5. The monoisotopic (exact) mass is 930 g/mol. The lowest BCUT2D eigenvalue weighted by Crippen LogP contribution is -2.63. The molecule has 1 aromatic carbocycles. The summed E-state index contributed by atoms with van der Waals surface area (Å²) in [6, 6.07) is 3.12. The molecule has 0 bridgehead atoms. The highest BCUT2D eigenvalue weighted by Crippen LogP contribution is 2.29. The molecule has 2 aliphatic heterocycles. The van der Waals surface area contributed by atoms with E-state index in [9.17, 15) is 42.3 Å². The van der Waals surface area contributed by atoms with Crippen LogP contribution in [-0.4, -0.2) is 114 Å². The largest absolute Gasteiger partial charge is 0.494 e. The maximum absolute atomic E-state index is 14.5. The summed E-state index contributed by atoms with van der Waals surface area (Å²) in [5.74, 6) is -3.10. The number of carbonyl (C=O) groups is 6. The zero-order valence-electron chi connectivity index (χ0n) is 37.0. The molecule has 352 valence electrons. The van der Waals surface area contributed by atoms with Crippen LogP contribution in [0.4, 0.5) is 9.59 Å². The lowest BCUT2D eigenvalue weighted by molar-refractivity contribution is -0.145. The van der Waals surface area contributed by atoms with E-state index in [1.165, 1.54) is 21.6 Å². The van der Waals surface area contributed by atoms with Crippen LogP contribution in [0.2, 0.25) is 0 Å². The Morgan fingerprint density at radius 2 is 1.73 bits per heavy atom. The van der Waals surface area contributed by atoms with Gasteiger partial charge < -0.3 is 40.2 Å². The van der Waals surface area contributed by atoms with E-state index in [1.54, 1.807) is 45.9 Å². The van der Waals surface area contributed by atoms with E-state index in [4.69, 9.17) is 14.2 Å². The molecular formula is C44H62N6O12S2. The van der Waals surface area contributed by atoms with Gasteiger partial charge in [-0.2, -0.15) is 0 Å². The lowest BCUT2D eigenvalue weighted by Gasteiger charge is -2.41. The summed E-state index contributed by atoms with van der Waals surface area (Å²) in [5, 5.41) is 18.9. The number of amides is 5. The van der Waals surface area contributed by atoms with Crippen LogP contribution < -0.4 is 25.4 Å². The van der Waals surface area contributed by atoms with E-state index in [0.29, 0.717) is 62.3 Å². The Labute approximate surface area is 378 Å². The van der Waals surface area contributed by atoms with Crippen molar-refractivity contribution in [2.24, 2.45) is 5.92 Å². The average molecular weight is 931 g/mol. The minimum absolute atomic E-state index is 0.0166. The first kappa shape index (κ1) is 49.8. The highest BCUT2D eigenvalue weighted by molar-refractivity contribution is 7.90. The van der Waals surface area contributed by atoms with Gasteiger partial charge in [0.05, 0.1) is 18.5 Å². The molecule has 2 fully saturated rings. The van der Waals surface area contributed by atoms with Gasteiger partial charge >= 0.3 is 18.2 Å². The summed E-state index contributed by atoms with van der Waals surface area (Å²) < 4.78 is 44.6. The normalized spacial score (nSPS) is 23.1. The van der Waals surface area contributed by atoms with Crippen molar-refractivity contribution in [1.82, 2.24) is 30.6 Å². The first-order chi connectivity index (χ1) is 30.4. The molecule has 64 heavy (non-hydrogen) atoms. The predicted octanol–water partition coefficient (Wildman–Crippen LogP) is 5.68. The topological polar surface area (TPSA) is 249 Å². The number of fused-ring (bicyclic) bond motifs is 1. The number of sulfonamides is 1. The third kappa shape index (κ3) is 15.5. The van der Waals surface area contributed by atoms with Crippen molar-refractivity contribution in [2.75, 3.05) is 19.8 Å². The number of piperidine rings is 1. The minimum atomic E-state index is -3.94. The van der Waals surface area contributed by atoms with E-state index >= 15 is 0 Å². The van der Waals surface area contributed by atoms with Crippen molar-refractivity contribution < 1.29 is 56.5 Å². The molecule has 2 aromatic rings. The van der Waals surface area contributed by atoms with Crippen LogP contribution in [0.3, 0.4) is 0 Å². The van der Waals surface area contributed by atoms with Gasteiger partial charge in [0.15, 0.2) is 5.69 Å². The summed E-state index contributed by atoms with van der Waals surface area (Å²) in [6.45, 7) is 7.40. The Morgan fingerprint density at radius 1 is 0.969 bits per heavy atom. The smallest absolute Gasteiger partial charge is 0.407 e. The summed E-state index contributed by atoms with van der Waals surface area (Å²) in [6.07, 6.45) is 8.88. The quantitative estimate of drug-likeness (QED) is 0.113. The molecule has 1 aliphatic carbocycles. The molecule has 5 N–H and O–H groups in total. The van der Waals surface area contributed by atoms with Crippen LogP contribution in [0.15, 0.2) is 41.8 Å². The van der Waals surface area contributed by atoms with E-state index in [0.717, 1.165) is 24.8 Å². The number of thiazole rings is 1. The number of benzene rings is 1. The van der Waals surface area contributed by atoms with Crippen molar-refractivity contribution in [3.05, 3.63) is 47.5 Å². The minimum Gasteiger partial charge on any atom is -0.494 e. The fourth-order valence-corrected chi connectivity index (χ4v) is 9.54. The number of hydrogen-bond donors (Lipinski definition) is 5. The fourth-order valence-electron chi connectivity index (χ4n) is 7.42. The molecule has 20 heteroatoms. The number of alkyl carbamates (subject to hydrolysis) is 2. The van der Waals surface area contributed by atoms with Gasteiger partial charge in [-0.05, 0) is 109 Å². The van der Waals surface area contributed by atoms with Crippen LogP contribution in [0, 0.1) is 5.92 Å². The molecule has 0 radical (unpaired) electrons. The number of ether oxygens (including phenoxy) is 3. The number of nitrogens with zero attached hydrogens (tertiary/aromatic N) is 2. The Hall–Kier alpha value is -5.24. The van der Waals surface area contributed by atoms with Gasteiger partial charge in [-0.1, -0.05) is 44.1 Å². The molecule has 18 nitrogen and oxygen atoms in total. The zero-order valence-corrected chi connectivity index (χ0v) is 38.6. The number of aromatic nitrogens is 1. The lowest BCUT2D eigenvalue weighted by atomic mass is 9.92. The Balaban J connectivity index is 1.21. The number of hydrogen-bond acceptors (Lipinski definition) is 13. The van der Waals surface area contributed by atoms with Gasteiger partial charge in [-0.3, -0.25) is 19.1 Å². The standard InChI is InChI=1S/C44H62N6O12S2/c1-28-15-10-7-5-6-8-11-18-33(47-42(56)61-24-13-9-12-23-60-31-17-14-16-29(25-31)39-46-34(27-63-39)41(54)55)40(53)50-22-21-30(45-43(57)62-44(2,3)4)26-35(50)37(51)48-36(28)38(52)49-64(58,59)32-19-20-32/h7,10,14,16-17,25,27-28,30,32-33,35-36H,5-6,8-9,11-13,15,18-24,26H2,1-4H3,(H,45,57)(H,47,56)(H,48,51)(H,49,52)(H,54,55)/b10-7-/t28-,30+,33-,35-,36?/m0/s1. The molecular weight excluding hydrogens is 869 g/mol. The average Bonchev–Trinajstić information content (AvgIpc) is 3.98. The molecule has 5 amide bonds. The SMILES string of the molecule is C[C@H]1C/C=C\CCCCC[C@H](NC(=O)OCCCCCOc2cccc(-c3nc(C(=O)O)cs3)c2)C(=O)N2CC[C@@H](NC(=O)OC(C)(C)C)C[C@H]2C(=O)NC1C(=O)NS(=O)(=O)C1CC1. The van der Waals surface area contributed by atoms with Crippen LogP contribution in [0.5, 0.6) is 5.75 Å². The number of allylic oxidation sites excluding steroid dienone is 2. The van der Waals surface area contributed by atoms with Gasteiger partial charge in [-0.15, -0.1) is 11.3 Å². The fraction of sp³-hybridized carbons (Fsp3) is 0.614. The molecule has 1 unspecified atom stereocenters. The Bertz CT molecular complexity index is 2100. The molecule has 1 saturated heterocycles. The van der Waals surface area contributed by atoms with Crippen molar-refractivity contribution in [2.45, 2.75) is 146 Å². The van der Waals surface area contributed by atoms with E-state index < -0.39 is 86.8 Å². The van der Waals surface area contributed by atoms with Crippen molar-refractivity contribution in [3.8, 4) is 16.3 Å². The Morgan fingerprint density at radius 3 is 2.45 bits per heavy atom. The highest BCUT2D eigenvalue weighted by atomic mass is 32.2. The summed E-state index contributed by atoms with van der Waals surface area (Å²) in [7, 11) is -3.94. The van der Waals surface area contributed by atoms with Crippen LogP contribution in [0.1, 0.15) is 122 Å². The molecule has 1 saturated carbocycles.